The molecule has 1 aromatic heterocycles. The Morgan fingerprint density at radius 2 is 2.35 bits per heavy atom. The van der Waals surface area contributed by atoms with Gasteiger partial charge in [0.25, 0.3) is 0 Å². The number of nitrogens with zero attached hydrogens (tertiary/aromatic N) is 2. The first-order valence-corrected chi connectivity index (χ1v) is 6.49. The molecule has 0 saturated carbocycles. The number of ether oxygens (including phenoxy) is 1. The summed E-state index contributed by atoms with van der Waals surface area (Å²) in [6, 6.07) is 0. The quantitative estimate of drug-likeness (QED) is 0.728. The van der Waals surface area contributed by atoms with Gasteiger partial charge >= 0.3 is 0 Å². The second kappa shape index (κ2) is 7.69. The normalized spacial score (nSPS) is 12.9. The standard InChI is InChI=1S/C12H22ClN3O/c1-4-14-6-5-10(2)12-11(13)9-15-16(12)7-8-17-3/h9-10,14H,4-8H2,1-3H3. The molecular formula is C12H22ClN3O. The van der Waals surface area contributed by atoms with E-state index in [4.69, 9.17) is 16.3 Å². The smallest absolute Gasteiger partial charge is 0.0820 e. The average Bonchev–Trinajstić information content (AvgIpc) is 2.68. The third kappa shape index (κ3) is 4.30. The van der Waals surface area contributed by atoms with Crippen LogP contribution in [0, 0.1) is 0 Å². The molecule has 1 aromatic rings. The van der Waals surface area contributed by atoms with Gasteiger partial charge in [0.2, 0.25) is 0 Å². The number of hydrogen-bond donors (Lipinski definition) is 1. The third-order valence-corrected chi connectivity index (χ3v) is 3.10. The Kier molecular flexibility index (Phi) is 6.55. The lowest BCUT2D eigenvalue weighted by molar-refractivity contribution is 0.182. The molecule has 1 rings (SSSR count). The SMILES string of the molecule is CCNCCC(C)c1c(Cl)cnn1CCOC. The summed E-state index contributed by atoms with van der Waals surface area (Å²) in [7, 11) is 1.69. The van der Waals surface area contributed by atoms with Crippen LogP contribution < -0.4 is 5.32 Å². The molecule has 0 radical (unpaired) electrons. The number of aromatic nitrogens is 2. The predicted molar refractivity (Wildman–Crippen MR) is 70.7 cm³/mol. The van der Waals surface area contributed by atoms with Gasteiger partial charge < -0.3 is 10.1 Å². The Morgan fingerprint density at radius 3 is 3.00 bits per heavy atom. The number of nitrogens with one attached hydrogen (secondary N) is 1. The molecule has 4 nitrogen and oxygen atoms in total. The molecule has 17 heavy (non-hydrogen) atoms. The molecule has 0 fully saturated rings. The number of rotatable bonds is 8. The molecule has 0 aliphatic heterocycles. The molecule has 5 heteroatoms. The first-order valence-electron chi connectivity index (χ1n) is 6.11. The Labute approximate surface area is 108 Å². The van der Waals surface area contributed by atoms with Gasteiger partial charge in [-0.2, -0.15) is 5.10 Å². The molecule has 1 N–H and O–H groups in total. The highest BCUT2D eigenvalue weighted by atomic mass is 35.5. The topological polar surface area (TPSA) is 39.1 Å². The minimum absolute atomic E-state index is 0.404. The second-order valence-electron chi connectivity index (χ2n) is 4.14. The van der Waals surface area contributed by atoms with Crippen molar-refractivity contribution >= 4 is 11.6 Å². The van der Waals surface area contributed by atoms with E-state index < -0.39 is 0 Å². The minimum atomic E-state index is 0.404. The molecule has 0 aliphatic rings. The molecular weight excluding hydrogens is 238 g/mol. The lowest BCUT2D eigenvalue weighted by atomic mass is 10.0. The van der Waals surface area contributed by atoms with Gasteiger partial charge in [0.1, 0.15) is 0 Å². The maximum Gasteiger partial charge on any atom is 0.0820 e. The van der Waals surface area contributed by atoms with E-state index in [1.54, 1.807) is 13.3 Å². The summed E-state index contributed by atoms with van der Waals surface area (Å²) in [5.41, 5.74) is 1.11. The second-order valence-corrected chi connectivity index (χ2v) is 4.54. The molecule has 1 unspecified atom stereocenters. The fourth-order valence-corrected chi connectivity index (χ4v) is 2.18. The van der Waals surface area contributed by atoms with Crippen molar-refractivity contribution in [2.75, 3.05) is 26.8 Å². The molecule has 1 atom stereocenters. The summed E-state index contributed by atoms with van der Waals surface area (Å²) < 4.78 is 7.02. The van der Waals surface area contributed by atoms with Gasteiger partial charge in [-0.15, -0.1) is 0 Å². The summed E-state index contributed by atoms with van der Waals surface area (Å²) in [5, 5.41) is 8.37. The Morgan fingerprint density at radius 1 is 1.59 bits per heavy atom. The highest BCUT2D eigenvalue weighted by molar-refractivity contribution is 6.31. The molecule has 0 bridgehead atoms. The van der Waals surface area contributed by atoms with E-state index in [0.717, 1.165) is 36.8 Å². The van der Waals surface area contributed by atoms with Crippen LogP contribution in [0.3, 0.4) is 0 Å². The van der Waals surface area contributed by atoms with Crippen molar-refractivity contribution in [3.05, 3.63) is 16.9 Å². The van der Waals surface area contributed by atoms with Crippen LogP contribution in [0.5, 0.6) is 0 Å². The van der Waals surface area contributed by atoms with Crippen LogP contribution in [-0.2, 0) is 11.3 Å². The van der Waals surface area contributed by atoms with Gasteiger partial charge in [0.15, 0.2) is 0 Å². The Bertz CT molecular complexity index is 328. The fourth-order valence-electron chi connectivity index (χ4n) is 1.85. The van der Waals surface area contributed by atoms with Crippen molar-refractivity contribution in [2.24, 2.45) is 0 Å². The molecule has 98 valence electrons. The van der Waals surface area contributed by atoms with E-state index in [1.807, 2.05) is 4.68 Å². The van der Waals surface area contributed by atoms with Crippen LogP contribution >= 0.6 is 11.6 Å². The lowest BCUT2D eigenvalue weighted by Crippen LogP contribution is -2.18. The maximum absolute atomic E-state index is 6.19. The van der Waals surface area contributed by atoms with E-state index in [9.17, 15) is 0 Å². The van der Waals surface area contributed by atoms with Gasteiger partial charge in [0, 0.05) is 13.0 Å². The van der Waals surface area contributed by atoms with E-state index in [-0.39, 0.29) is 0 Å². The summed E-state index contributed by atoms with van der Waals surface area (Å²) in [6.07, 6.45) is 2.78. The molecule has 1 heterocycles. The fraction of sp³-hybridized carbons (Fsp3) is 0.750. The predicted octanol–water partition coefficient (Wildman–Crippen LogP) is 2.29. The van der Waals surface area contributed by atoms with Gasteiger partial charge in [-0.05, 0) is 19.5 Å². The van der Waals surface area contributed by atoms with Gasteiger partial charge in [-0.1, -0.05) is 25.4 Å². The third-order valence-electron chi connectivity index (χ3n) is 2.81. The van der Waals surface area contributed by atoms with Crippen LogP contribution in [0.15, 0.2) is 6.20 Å². The van der Waals surface area contributed by atoms with Crippen molar-refractivity contribution in [1.29, 1.82) is 0 Å². The zero-order valence-electron chi connectivity index (χ0n) is 10.9. The summed E-state index contributed by atoms with van der Waals surface area (Å²) >= 11 is 6.19. The number of halogens is 1. The summed E-state index contributed by atoms with van der Waals surface area (Å²) in [4.78, 5) is 0. The van der Waals surface area contributed by atoms with Gasteiger partial charge in [-0.25, -0.2) is 0 Å². The van der Waals surface area contributed by atoms with Crippen molar-refractivity contribution < 1.29 is 4.74 Å². The van der Waals surface area contributed by atoms with E-state index in [1.165, 1.54) is 0 Å². The lowest BCUT2D eigenvalue weighted by Gasteiger charge is -2.15. The summed E-state index contributed by atoms with van der Waals surface area (Å²) in [6.45, 7) is 7.71. The van der Waals surface area contributed by atoms with E-state index in [2.05, 4.69) is 24.3 Å². The first kappa shape index (κ1) is 14.5. The van der Waals surface area contributed by atoms with Crippen LogP contribution in [0.2, 0.25) is 5.02 Å². The Balaban J connectivity index is 2.63. The van der Waals surface area contributed by atoms with Crippen LogP contribution in [0.25, 0.3) is 0 Å². The minimum Gasteiger partial charge on any atom is -0.383 e. The molecule has 0 aromatic carbocycles. The van der Waals surface area contributed by atoms with Crippen LogP contribution in [0.1, 0.15) is 31.9 Å². The first-order chi connectivity index (χ1) is 8.20. The molecule has 0 spiro atoms. The monoisotopic (exact) mass is 259 g/mol. The highest BCUT2D eigenvalue weighted by Gasteiger charge is 2.15. The summed E-state index contributed by atoms with van der Waals surface area (Å²) in [5.74, 6) is 0.404. The van der Waals surface area contributed by atoms with Crippen molar-refractivity contribution in [3.63, 3.8) is 0 Å². The zero-order chi connectivity index (χ0) is 12.7. The molecule has 0 amide bonds. The average molecular weight is 260 g/mol. The highest BCUT2D eigenvalue weighted by Crippen LogP contribution is 2.26. The van der Waals surface area contributed by atoms with E-state index >= 15 is 0 Å². The van der Waals surface area contributed by atoms with Crippen LogP contribution in [-0.4, -0.2) is 36.6 Å². The molecule has 0 saturated heterocycles. The maximum atomic E-state index is 6.19. The zero-order valence-corrected chi connectivity index (χ0v) is 11.6. The van der Waals surface area contributed by atoms with Crippen LogP contribution in [0.4, 0.5) is 0 Å². The van der Waals surface area contributed by atoms with Gasteiger partial charge in [0.05, 0.1) is 30.1 Å². The molecule has 0 aliphatic carbocycles. The largest absolute Gasteiger partial charge is 0.383 e. The van der Waals surface area contributed by atoms with E-state index in [0.29, 0.717) is 12.5 Å². The Hall–Kier alpha value is -0.580. The number of hydrogen-bond acceptors (Lipinski definition) is 3. The number of methoxy groups -OCH3 is 1. The van der Waals surface area contributed by atoms with Gasteiger partial charge in [-0.3, -0.25) is 4.68 Å². The van der Waals surface area contributed by atoms with Crippen molar-refractivity contribution in [1.82, 2.24) is 15.1 Å². The van der Waals surface area contributed by atoms with Crippen molar-refractivity contribution in [3.8, 4) is 0 Å². The van der Waals surface area contributed by atoms with Crippen molar-refractivity contribution in [2.45, 2.75) is 32.7 Å².